The molecule has 88 valence electrons. The minimum absolute atomic E-state index is 0.155. The molecule has 7 nitrogen and oxygen atoms in total. The van der Waals surface area contributed by atoms with Gasteiger partial charge in [0.05, 0.1) is 6.04 Å². The molecule has 0 aliphatic rings. The third-order valence-electron chi connectivity index (χ3n) is 1.50. The van der Waals surface area contributed by atoms with E-state index in [-0.39, 0.29) is 11.7 Å². The van der Waals surface area contributed by atoms with Gasteiger partial charge in [0, 0.05) is 5.38 Å². The van der Waals surface area contributed by atoms with Gasteiger partial charge in [0.1, 0.15) is 10.7 Å². The van der Waals surface area contributed by atoms with Gasteiger partial charge in [0.25, 0.3) is 5.91 Å². The quantitative estimate of drug-likeness (QED) is 0.624. The molecule has 0 fully saturated rings. The number of amides is 1. The number of nitrogens with zero attached hydrogens (tertiary/aromatic N) is 1. The molecule has 0 aliphatic carbocycles. The minimum atomic E-state index is -1.17. The maximum Gasteiger partial charge on any atom is 0.332 e. The molecular weight excluding hydrogens is 234 g/mol. The van der Waals surface area contributed by atoms with Crippen molar-refractivity contribution >= 4 is 23.2 Å². The van der Waals surface area contributed by atoms with Crippen molar-refractivity contribution in [1.29, 1.82) is 0 Å². The molecular formula is C8H11N3O4S. The molecule has 0 saturated carbocycles. The van der Waals surface area contributed by atoms with Crippen molar-refractivity contribution < 1.29 is 19.5 Å². The van der Waals surface area contributed by atoms with Crippen LogP contribution in [-0.2, 0) is 9.63 Å². The van der Waals surface area contributed by atoms with E-state index in [9.17, 15) is 9.59 Å². The lowest BCUT2D eigenvalue weighted by Gasteiger charge is -2.01. The fourth-order valence-electron chi connectivity index (χ4n) is 0.817. The van der Waals surface area contributed by atoms with E-state index in [4.69, 9.17) is 10.8 Å². The number of aromatic nitrogens is 1. The van der Waals surface area contributed by atoms with Crippen LogP contribution in [0.5, 0.6) is 0 Å². The number of carboxylic acids is 1. The van der Waals surface area contributed by atoms with Crippen LogP contribution < -0.4 is 11.2 Å². The summed E-state index contributed by atoms with van der Waals surface area (Å²) in [7, 11) is 0. The first-order valence-corrected chi connectivity index (χ1v) is 5.23. The summed E-state index contributed by atoms with van der Waals surface area (Å²) in [4.78, 5) is 29.8. The molecule has 0 aliphatic heterocycles. The van der Waals surface area contributed by atoms with Crippen LogP contribution in [0.15, 0.2) is 5.38 Å². The van der Waals surface area contributed by atoms with Crippen LogP contribution in [0.25, 0.3) is 0 Å². The van der Waals surface area contributed by atoms with Crippen LogP contribution in [0.3, 0.4) is 0 Å². The molecule has 1 rings (SSSR count). The number of nitrogens with one attached hydrogen (secondary N) is 1. The topological polar surface area (TPSA) is 115 Å². The van der Waals surface area contributed by atoms with Gasteiger partial charge >= 0.3 is 5.97 Å². The second kappa shape index (κ2) is 5.54. The predicted molar refractivity (Wildman–Crippen MR) is 55.8 cm³/mol. The fraction of sp³-hybridized carbons (Fsp3) is 0.375. The van der Waals surface area contributed by atoms with E-state index in [1.165, 1.54) is 16.7 Å². The number of carbonyl (C=O) groups excluding carboxylic acids is 1. The van der Waals surface area contributed by atoms with Crippen LogP contribution in [-0.4, -0.2) is 28.6 Å². The number of hydrogen-bond acceptors (Lipinski definition) is 6. The average molecular weight is 245 g/mol. The number of carboxylic acid groups (broad SMARTS) is 1. The van der Waals surface area contributed by atoms with E-state index in [0.717, 1.165) is 0 Å². The summed E-state index contributed by atoms with van der Waals surface area (Å²) in [5.74, 6) is -1.76. The zero-order chi connectivity index (χ0) is 12.1. The summed E-state index contributed by atoms with van der Waals surface area (Å²) in [5, 5.41) is 10.4. The van der Waals surface area contributed by atoms with E-state index < -0.39 is 18.5 Å². The van der Waals surface area contributed by atoms with E-state index in [1.807, 2.05) is 5.48 Å². The molecule has 1 amide bonds. The Kier molecular flexibility index (Phi) is 4.35. The highest BCUT2D eigenvalue weighted by atomic mass is 32.1. The Bertz CT molecular complexity index is 390. The molecule has 0 bridgehead atoms. The van der Waals surface area contributed by atoms with E-state index >= 15 is 0 Å². The molecule has 0 aromatic carbocycles. The number of rotatable bonds is 5. The summed E-state index contributed by atoms with van der Waals surface area (Å²) in [6.45, 7) is 1.15. The molecule has 1 heterocycles. The number of hydrogen-bond donors (Lipinski definition) is 3. The van der Waals surface area contributed by atoms with Crippen molar-refractivity contribution in [1.82, 2.24) is 10.5 Å². The molecule has 1 unspecified atom stereocenters. The van der Waals surface area contributed by atoms with Crippen molar-refractivity contribution in [2.24, 2.45) is 5.73 Å². The lowest BCUT2D eigenvalue weighted by molar-refractivity contribution is -0.144. The van der Waals surface area contributed by atoms with Gasteiger partial charge < -0.3 is 10.8 Å². The summed E-state index contributed by atoms with van der Waals surface area (Å²) < 4.78 is 0. The second-order valence-corrected chi connectivity index (χ2v) is 3.86. The lowest BCUT2D eigenvalue weighted by atomic mass is 10.4. The zero-order valence-corrected chi connectivity index (χ0v) is 9.28. The molecule has 1 atom stereocenters. The number of thiazole rings is 1. The Balaban J connectivity index is 2.49. The van der Waals surface area contributed by atoms with Crippen molar-refractivity contribution in [3.8, 4) is 0 Å². The standard InChI is InChI=1S/C8H11N3O4S/c1-4(9)8-10-5(3-16-8)7(14)11-15-2-6(12)13/h3-4H,2,9H2,1H3,(H,11,14)(H,12,13). The molecule has 0 saturated heterocycles. The highest BCUT2D eigenvalue weighted by molar-refractivity contribution is 7.09. The van der Waals surface area contributed by atoms with Gasteiger partial charge in [0.2, 0.25) is 0 Å². The highest BCUT2D eigenvalue weighted by Crippen LogP contribution is 2.15. The summed E-state index contributed by atoms with van der Waals surface area (Å²) in [5.41, 5.74) is 7.70. The highest BCUT2D eigenvalue weighted by Gasteiger charge is 2.12. The van der Waals surface area contributed by atoms with E-state index in [2.05, 4.69) is 9.82 Å². The molecule has 1 aromatic heterocycles. The number of carbonyl (C=O) groups is 2. The minimum Gasteiger partial charge on any atom is -0.479 e. The predicted octanol–water partition coefficient (Wildman–Crippen LogP) is -0.0912. The maximum absolute atomic E-state index is 11.3. The van der Waals surface area contributed by atoms with Crippen LogP contribution in [0, 0.1) is 0 Å². The van der Waals surface area contributed by atoms with E-state index in [1.54, 1.807) is 6.92 Å². The van der Waals surface area contributed by atoms with Gasteiger partial charge in [-0.25, -0.2) is 15.3 Å². The van der Waals surface area contributed by atoms with Crippen molar-refractivity contribution in [2.45, 2.75) is 13.0 Å². The Hall–Kier alpha value is -1.51. The van der Waals surface area contributed by atoms with Crippen LogP contribution >= 0.6 is 11.3 Å². The summed E-state index contributed by atoms with van der Waals surface area (Å²) in [6.07, 6.45) is 0. The maximum atomic E-state index is 11.3. The number of hydroxylamine groups is 1. The van der Waals surface area contributed by atoms with Gasteiger partial charge in [-0.05, 0) is 6.92 Å². The monoisotopic (exact) mass is 245 g/mol. The lowest BCUT2D eigenvalue weighted by Crippen LogP contribution is -2.27. The van der Waals surface area contributed by atoms with Crippen LogP contribution in [0.1, 0.15) is 28.5 Å². The molecule has 16 heavy (non-hydrogen) atoms. The van der Waals surface area contributed by atoms with E-state index in [0.29, 0.717) is 5.01 Å². The SMILES string of the molecule is CC(N)c1nc(C(=O)NOCC(=O)O)cs1. The Morgan fingerprint density at radius 2 is 2.44 bits per heavy atom. The fourth-order valence-corrected chi connectivity index (χ4v) is 1.57. The van der Waals surface area contributed by atoms with Crippen molar-refractivity contribution in [3.05, 3.63) is 16.1 Å². The first-order chi connectivity index (χ1) is 7.50. The Labute approximate surface area is 95.2 Å². The third kappa shape index (κ3) is 3.57. The zero-order valence-electron chi connectivity index (χ0n) is 8.47. The van der Waals surface area contributed by atoms with Crippen molar-refractivity contribution in [3.63, 3.8) is 0 Å². The molecule has 1 aromatic rings. The first-order valence-electron chi connectivity index (χ1n) is 4.35. The smallest absolute Gasteiger partial charge is 0.332 e. The normalized spacial score (nSPS) is 12.1. The number of nitrogens with two attached hydrogens (primary N) is 1. The van der Waals surface area contributed by atoms with Gasteiger partial charge in [-0.1, -0.05) is 0 Å². The molecule has 4 N–H and O–H groups in total. The summed E-state index contributed by atoms with van der Waals surface area (Å²) >= 11 is 1.26. The van der Waals surface area contributed by atoms with Gasteiger partial charge in [-0.3, -0.25) is 9.63 Å². The molecule has 0 radical (unpaired) electrons. The first kappa shape index (κ1) is 12.6. The van der Waals surface area contributed by atoms with Crippen LogP contribution in [0.4, 0.5) is 0 Å². The second-order valence-electron chi connectivity index (χ2n) is 2.97. The largest absolute Gasteiger partial charge is 0.479 e. The van der Waals surface area contributed by atoms with Crippen molar-refractivity contribution in [2.75, 3.05) is 6.61 Å². The van der Waals surface area contributed by atoms with Gasteiger partial charge in [-0.15, -0.1) is 11.3 Å². The van der Waals surface area contributed by atoms with Gasteiger partial charge in [-0.2, -0.15) is 0 Å². The average Bonchev–Trinajstić information content (AvgIpc) is 2.65. The molecule has 8 heteroatoms. The Morgan fingerprint density at radius 1 is 1.75 bits per heavy atom. The Morgan fingerprint density at radius 3 is 2.94 bits per heavy atom. The number of aliphatic carboxylic acids is 1. The third-order valence-corrected chi connectivity index (χ3v) is 2.55. The van der Waals surface area contributed by atoms with Gasteiger partial charge in [0.15, 0.2) is 6.61 Å². The summed E-state index contributed by atoms with van der Waals surface area (Å²) in [6, 6.07) is -0.244. The van der Waals surface area contributed by atoms with Crippen LogP contribution in [0.2, 0.25) is 0 Å². The molecule has 0 spiro atoms.